The van der Waals surface area contributed by atoms with Gasteiger partial charge >= 0.3 is 0 Å². The summed E-state index contributed by atoms with van der Waals surface area (Å²) in [6.45, 7) is 3.82. The summed E-state index contributed by atoms with van der Waals surface area (Å²) < 4.78 is 24.2. The molecule has 1 N–H and O–H groups in total. The molecule has 14 heavy (non-hydrogen) atoms. The summed E-state index contributed by atoms with van der Waals surface area (Å²) in [4.78, 5) is 12.9. The highest BCUT2D eigenvalue weighted by atomic mass is 35.5. The molecular weight excluding hydrogens is 228 g/mol. The second kappa shape index (κ2) is 5.53. The zero-order valence-corrected chi connectivity index (χ0v) is 10.0. The fourth-order valence-corrected chi connectivity index (χ4v) is 1.73. The molecule has 0 fully saturated rings. The average molecular weight is 243 g/mol. The van der Waals surface area contributed by atoms with Crippen LogP contribution in [0.2, 0.25) is 0 Å². The number of nitrogens with zero attached hydrogens (tertiary/aromatic N) is 1. The minimum Gasteiger partial charge on any atom is -0.345 e. The van der Waals surface area contributed by atoms with E-state index in [-0.39, 0.29) is 5.91 Å². The van der Waals surface area contributed by atoms with Crippen LogP contribution in [0.1, 0.15) is 13.8 Å². The van der Waals surface area contributed by atoms with Crippen LogP contribution in [0.25, 0.3) is 0 Å². The molecule has 0 bridgehead atoms. The third-order valence-electron chi connectivity index (χ3n) is 1.72. The molecule has 0 aliphatic carbocycles. The highest BCUT2D eigenvalue weighted by Gasteiger charge is 2.21. The monoisotopic (exact) mass is 242 g/mol. The van der Waals surface area contributed by atoms with Crippen molar-refractivity contribution in [3.8, 4) is 0 Å². The van der Waals surface area contributed by atoms with Crippen LogP contribution >= 0.6 is 11.6 Å². The van der Waals surface area contributed by atoms with Crippen molar-refractivity contribution in [3.63, 3.8) is 0 Å². The van der Waals surface area contributed by atoms with Crippen molar-refractivity contribution in [1.29, 1.82) is 0 Å². The van der Waals surface area contributed by atoms with Gasteiger partial charge in [-0.1, -0.05) is 0 Å². The summed E-state index contributed by atoms with van der Waals surface area (Å²) in [6.07, 6.45) is 0. The molecule has 1 unspecified atom stereocenters. The van der Waals surface area contributed by atoms with Gasteiger partial charge in [-0.3, -0.25) is 4.79 Å². The normalized spacial score (nSPS) is 13.7. The number of amides is 1. The van der Waals surface area contributed by atoms with Crippen LogP contribution in [-0.4, -0.2) is 44.1 Å². The number of carbonyl (C=O) groups is 1. The van der Waals surface area contributed by atoms with Gasteiger partial charge in [0.1, 0.15) is 5.21 Å². The number of carbonyl (C=O) groups excluding carboxylic acids is 1. The lowest BCUT2D eigenvalue weighted by molar-refractivity contribution is -0.131. The Kier molecular flexibility index (Phi) is 5.40. The molecular formula is C7H15ClN2O3S. The number of halogens is 1. The van der Waals surface area contributed by atoms with Crippen molar-refractivity contribution in [2.24, 2.45) is 0 Å². The van der Waals surface area contributed by atoms with E-state index in [1.54, 1.807) is 14.0 Å². The van der Waals surface area contributed by atoms with Crippen molar-refractivity contribution >= 4 is 27.5 Å². The van der Waals surface area contributed by atoms with Crippen LogP contribution in [0.15, 0.2) is 0 Å². The van der Waals surface area contributed by atoms with E-state index in [0.717, 1.165) is 0 Å². The van der Waals surface area contributed by atoms with E-state index in [4.69, 9.17) is 11.6 Å². The predicted octanol–water partition coefficient (Wildman–Crippen LogP) is -0.0311. The first-order valence-electron chi connectivity index (χ1n) is 4.15. The molecule has 84 valence electrons. The SMILES string of the molecule is CCN(C)C(=O)C(C)NS(=O)(=O)CCl. The second-order valence-electron chi connectivity index (χ2n) is 2.92. The number of alkyl halides is 1. The van der Waals surface area contributed by atoms with Gasteiger partial charge in [0.15, 0.2) is 0 Å². The van der Waals surface area contributed by atoms with Gasteiger partial charge in [-0.2, -0.15) is 0 Å². The fourth-order valence-electron chi connectivity index (χ4n) is 0.838. The summed E-state index contributed by atoms with van der Waals surface area (Å²) in [5.41, 5.74) is 0. The van der Waals surface area contributed by atoms with E-state index in [2.05, 4.69) is 4.72 Å². The van der Waals surface area contributed by atoms with Crippen LogP contribution < -0.4 is 4.72 Å². The molecule has 5 nitrogen and oxygen atoms in total. The lowest BCUT2D eigenvalue weighted by atomic mass is 10.3. The van der Waals surface area contributed by atoms with Crippen LogP contribution in [0.4, 0.5) is 0 Å². The van der Waals surface area contributed by atoms with Crippen molar-refractivity contribution in [2.45, 2.75) is 19.9 Å². The van der Waals surface area contributed by atoms with E-state index in [0.29, 0.717) is 6.54 Å². The molecule has 0 radical (unpaired) electrons. The van der Waals surface area contributed by atoms with Crippen molar-refractivity contribution in [3.05, 3.63) is 0 Å². The lowest BCUT2D eigenvalue weighted by Gasteiger charge is -2.19. The van der Waals surface area contributed by atoms with Crippen LogP contribution in [0.5, 0.6) is 0 Å². The Morgan fingerprint density at radius 1 is 1.57 bits per heavy atom. The maximum atomic E-state index is 11.4. The van der Waals surface area contributed by atoms with Crippen molar-refractivity contribution < 1.29 is 13.2 Å². The Hall–Kier alpha value is -0.330. The Morgan fingerprint density at radius 2 is 2.07 bits per heavy atom. The summed E-state index contributed by atoms with van der Waals surface area (Å²) in [5, 5.41) is -0.541. The minimum absolute atomic E-state index is 0.277. The zero-order valence-electron chi connectivity index (χ0n) is 8.45. The molecule has 0 aromatic rings. The average Bonchev–Trinajstić information content (AvgIpc) is 2.14. The number of sulfonamides is 1. The summed E-state index contributed by atoms with van der Waals surface area (Å²) in [6, 6.07) is -0.774. The highest BCUT2D eigenvalue weighted by Crippen LogP contribution is 1.96. The number of rotatable bonds is 5. The second-order valence-corrected chi connectivity index (χ2v) is 5.25. The quantitative estimate of drug-likeness (QED) is 0.689. The first-order chi connectivity index (χ1) is 6.34. The predicted molar refractivity (Wildman–Crippen MR) is 55.5 cm³/mol. The number of hydrogen-bond acceptors (Lipinski definition) is 3. The van der Waals surface area contributed by atoms with Crippen molar-refractivity contribution in [1.82, 2.24) is 9.62 Å². The molecule has 0 spiro atoms. The zero-order chi connectivity index (χ0) is 11.4. The number of likely N-dealkylation sites (N-methyl/N-ethyl adjacent to an activating group) is 1. The van der Waals surface area contributed by atoms with Crippen LogP contribution in [0, 0.1) is 0 Å². The largest absolute Gasteiger partial charge is 0.345 e. The van der Waals surface area contributed by atoms with Gasteiger partial charge in [-0.05, 0) is 13.8 Å². The minimum atomic E-state index is -3.54. The molecule has 0 rings (SSSR count). The van der Waals surface area contributed by atoms with Crippen LogP contribution in [0.3, 0.4) is 0 Å². The van der Waals surface area contributed by atoms with Crippen LogP contribution in [-0.2, 0) is 14.8 Å². The Labute approximate surface area is 89.5 Å². The molecule has 0 aromatic carbocycles. The number of nitrogens with one attached hydrogen (secondary N) is 1. The standard InChI is InChI=1S/C7H15ClN2O3S/c1-4-10(3)7(11)6(2)9-14(12,13)5-8/h6,9H,4-5H2,1-3H3. The molecule has 7 heteroatoms. The van der Waals surface area contributed by atoms with Gasteiger partial charge in [0.05, 0.1) is 6.04 Å². The van der Waals surface area contributed by atoms with Gasteiger partial charge in [-0.25, -0.2) is 13.1 Å². The van der Waals surface area contributed by atoms with E-state index in [9.17, 15) is 13.2 Å². The van der Waals surface area contributed by atoms with E-state index < -0.39 is 21.3 Å². The summed E-state index contributed by atoms with van der Waals surface area (Å²) in [7, 11) is -1.93. The maximum absolute atomic E-state index is 11.4. The molecule has 0 aliphatic rings. The molecule has 0 heterocycles. The van der Waals surface area contributed by atoms with E-state index in [1.165, 1.54) is 11.8 Å². The molecule has 0 saturated heterocycles. The highest BCUT2D eigenvalue weighted by molar-refractivity contribution is 7.90. The first kappa shape index (κ1) is 13.7. The lowest BCUT2D eigenvalue weighted by Crippen LogP contribution is -2.45. The van der Waals surface area contributed by atoms with Gasteiger partial charge < -0.3 is 4.90 Å². The summed E-state index contributed by atoms with van der Waals surface area (Å²) >= 11 is 5.18. The van der Waals surface area contributed by atoms with Gasteiger partial charge in [0, 0.05) is 13.6 Å². The fraction of sp³-hybridized carbons (Fsp3) is 0.857. The molecule has 0 saturated carbocycles. The molecule has 0 aromatic heterocycles. The Bertz CT molecular complexity index is 291. The third kappa shape index (κ3) is 4.26. The van der Waals surface area contributed by atoms with Gasteiger partial charge in [0.2, 0.25) is 15.9 Å². The Balaban J connectivity index is 4.36. The number of hydrogen-bond donors (Lipinski definition) is 1. The smallest absolute Gasteiger partial charge is 0.240 e. The topological polar surface area (TPSA) is 66.5 Å². The van der Waals surface area contributed by atoms with Gasteiger partial charge in [0.25, 0.3) is 0 Å². The molecule has 1 atom stereocenters. The van der Waals surface area contributed by atoms with Crippen molar-refractivity contribution in [2.75, 3.05) is 18.8 Å². The molecule has 0 aliphatic heterocycles. The van der Waals surface area contributed by atoms with Gasteiger partial charge in [-0.15, -0.1) is 11.6 Å². The molecule has 1 amide bonds. The van der Waals surface area contributed by atoms with E-state index >= 15 is 0 Å². The van der Waals surface area contributed by atoms with E-state index in [1.807, 2.05) is 0 Å². The maximum Gasteiger partial charge on any atom is 0.240 e. The summed E-state index contributed by atoms with van der Waals surface area (Å²) in [5.74, 6) is -0.277. The third-order valence-corrected chi connectivity index (χ3v) is 3.58. The Morgan fingerprint density at radius 3 is 2.43 bits per heavy atom. The first-order valence-corrected chi connectivity index (χ1v) is 6.33.